The van der Waals surface area contributed by atoms with Crippen molar-refractivity contribution in [2.75, 3.05) is 7.11 Å². The maximum atomic E-state index is 13.7. The number of methoxy groups -OCH3 is 1. The summed E-state index contributed by atoms with van der Waals surface area (Å²) in [6, 6.07) is 8.94. The van der Waals surface area contributed by atoms with Gasteiger partial charge in [0.1, 0.15) is 29.5 Å². The fourth-order valence-electron chi connectivity index (χ4n) is 1.72. The summed E-state index contributed by atoms with van der Waals surface area (Å²) in [6.45, 7) is -0.0768. The summed E-state index contributed by atoms with van der Waals surface area (Å²) in [5.41, 5.74) is 0.325. The predicted molar refractivity (Wildman–Crippen MR) is 78.4 cm³/mol. The molecule has 0 aromatic heterocycles. The number of halogens is 2. The highest BCUT2D eigenvalue weighted by molar-refractivity contribution is 9.10. The Bertz CT molecular complexity index is 673. The van der Waals surface area contributed by atoms with E-state index in [1.807, 2.05) is 0 Å². The summed E-state index contributed by atoms with van der Waals surface area (Å²) in [4.78, 5) is 11.1. The number of carboxylic acid groups (broad SMARTS) is 1. The molecular formula is C15H12BrFO4. The third-order valence-electron chi connectivity index (χ3n) is 2.82. The number of ether oxygens (including phenoxy) is 2. The molecule has 0 fully saturated rings. The van der Waals surface area contributed by atoms with Crippen LogP contribution in [-0.2, 0) is 6.61 Å². The fraction of sp³-hybridized carbons (Fsp3) is 0.133. The molecule has 0 bridgehead atoms. The van der Waals surface area contributed by atoms with Gasteiger partial charge >= 0.3 is 5.97 Å². The lowest BCUT2D eigenvalue weighted by molar-refractivity contribution is 0.0691. The maximum absolute atomic E-state index is 13.7. The van der Waals surface area contributed by atoms with Crippen LogP contribution in [0.4, 0.5) is 4.39 Å². The minimum absolute atomic E-state index is 0.00619. The Balaban J connectivity index is 2.24. The van der Waals surface area contributed by atoms with Crippen LogP contribution in [0.15, 0.2) is 40.9 Å². The van der Waals surface area contributed by atoms with Crippen molar-refractivity contribution < 1.29 is 23.8 Å². The molecule has 0 heterocycles. The van der Waals surface area contributed by atoms with E-state index in [0.717, 1.165) is 0 Å². The quantitative estimate of drug-likeness (QED) is 0.885. The van der Waals surface area contributed by atoms with E-state index in [2.05, 4.69) is 15.9 Å². The van der Waals surface area contributed by atoms with Gasteiger partial charge < -0.3 is 14.6 Å². The summed E-state index contributed by atoms with van der Waals surface area (Å²) in [6.07, 6.45) is 0. The van der Waals surface area contributed by atoms with E-state index < -0.39 is 11.8 Å². The van der Waals surface area contributed by atoms with Gasteiger partial charge in [-0.05, 0) is 24.3 Å². The average Bonchev–Trinajstić information content (AvgIpc) is 2.45. The number of carboxylic acids is 1. The van der Waals surface area contributed by atoms with Crippen LogP contribution in [0.5, 0.6) is 11.5 Å². The van der Waals surface area contributed by atoms with Crippen LogP contribution in [0, 0.1) is 5.82 Å². The first kappa shape index (κ1) is 15.3. The molecule has 0 amide bonds. The van der Waals surface area contributed by atoms with E-state index in [4.69, 9.17) is 14.6 Å². The van der Waals surface area contributed by atoms with E-state index in [1.54, 1.807) is 12.1 Å². The van der Waals surface area contributed by atoms with Crippen molar-refractivity contribution in [3.8, 4) is 11.5 Å². The number of benzene rings is 2. The third-order valence-corrected chi connectivity index (χ3v) is 3.31. The highest BCUT2D eigenvalue weighted by atomic mass is 79.9. The Morgan fingerprint density at radius 2 is 2.05 bits per heavy atom. The summed E-state index contributed by atoms with van der Waals surface area (Å²) in [5, 5.41) is 9.12. The first-order valence-electron chi connectivity index (χ1n) is 5.99. The molecule has 2 rings (SSSR count). The number of carbonyl (C=O) groups is 1. The summed E-state index contributed by atoms with van der Waals surface area (Å²) >= 11 is 3.17. The molecule has 110 valence electrons. The van der Waals surface area contributed by atoms with Crippen LogP contribution in [0.3, 0.4) is 0 Å². The van der Waals surface area contributed by atoms with Gasteiger partial charge in [-0.2, -0.15) is 0 Å². The van der Waals surface area contributed by atoms with Gasteiger partial charge in [-0.1, -0.05) is 22.0 Å². The molecule has 1 N–H and O–H groups in total. The van der Waals surface area contributed by atoms with E-state index in [-0.39, 0.29) is 17.9 Å². The van der Waals surface area contributed by atoms with Crippen LogP contribution in [0.1, 0.15) is 15.9 Å². The standard InChI is InChI=1S/C15H12BrFO4/c1-20-11-4-5-12(15(18)19)14(7-11)21-8-9-2-3-10(16)6-13(9)17/h2-7H,8H2,1H3,(H,18,19). The molecular weight excluding hydrogens is 343 g/mol. The maximum Gasteiger partial charge on any atom is 0.339 e. The highest BCUT2D eigenvalue weighted by Crippen LogP contribution is 2.26. The molecule has 2 aromatic rings. The second kappa shape index (κ2) is 6.58. The van der Waals surface area contributed by atoms with Gasteiger partial charge in [-0.3, -0.25) is 0 Å². The number of aromatic carboxylic acids is 1. The largest absolute Gasteiger partial charge is 0.497 e. The van der Waals surface area contributed by atoms with Gasteiger partial charge in [-0.15, -0.1) is 0 Å². The van der Waals surface area contributed by atoms with Crippen molar-refractivity contribution in [1.82, 2.24) is 0 Å². The lowest BCUT2D eigenvalue weighted by Gasteiger charge is -2.11. The van der Waals surface area contributed by atoms with Crippen molar-refractivity contribution in [2.45, 2.75) is 6.61 Å². The summed E-state index contributed by atoms with van der Waals surface area (Å²) in [5.74, 6) is -0.955. The topological polar surface area (TPSA) is 55.8 Å². The second-order valence-electron chi connectivity index (χ2n) is 4.19. The van der Waals surface area contributed by atoms with Crippen molar-refractivity contribution in [3.05, 3.63) is 57.8 Å². The zero-order chi connectivity index (χ0) is 15.4. The normalized spacial score (nSPS) is 10.2. The highest BCUT2D eigenvalue weighted by Gasteiger charge is 2.13. The molecule has 0 unspecified atom stereocenters. The smallest absolute Gasteiger partial charge is 0.339 e. The molecule has 0 spiro atoms. The number of hydrogen-bond acceptors (Lipinski definition) is 3. The van der Waals surface area contributed by atoms with Crippen LogP contribution in [0.2, 0.25) is 0 Å². The zero-order valence-corrected chi connectivity index (χ0v) is 12.7. The van der Waals surface area contributed by atoms with E-state index in [0.29, 0.717) is 15.8 Å². The van der Waals surface area contributed by atoms with E-state index in [1.165, 1.54) is 31.4 Å². The molecule has 2 aromatic carbocycles. The van der Waals surface area contributed by atoms with Gasteiger partial charge in [0.25, 0.3) is 0 Å². The monoisotopic (exact) mass is 354 g/mol. The molecule has 0 atom stereocenters. The molecule has 0 aliphatic rings. The first-order valence-corrected chi connectivity index (χ1v) is 6.78. The average molecular weight is 355 g/mol. The minimum Gasteiger partial charge on any atom is -0.497 e. The molecule has 4 nitrogen and oxygen atoms in total. The molecule has 0 radical (unpaired) electrons. The number of rotatable bonds is 5. The molecule has 0 aliphatic carbocycles. The van der Waals surface area contributed by atoms with Gasteiger partial charge in [0.15, 0.2) is 0 Å². The Labute approximate surface area is 129 Å². The summed E-state index contributed by atoms with van der Waals surface area (Å²) in [7, 11) is 1.47. The van der Waals surface area contributed by atoms with Crippen LogP contribution >= 0.6 is 15.9 Å². The Kier molecular flexibility index (Phi) is 4.80. The summed E-state index contributed by atoms with van der Waals surface area (Å²) < 4.78 is 24.8. The van der Waals surface area contributed by atoms with Crippen molar-refractivity contribution >= 4 is 21.9 Å². The van der Waals surface area contributed by atoms with E-state index in [9.17, 15) is 9.18 Å². The molecule has 0 saturated heterocycles. The number of hydrogen-bond donors (Lipinski definition) is 1. The Hall–Kier alpha value is -2.08. The first-order chi connectivity index (χ1) is 10.0. The van der Waals surface area contributed by atoms with E-state index >= 15 is 0 Å². The molecule has 0 aliphatic heterocycles. The van der Waals surface area contributed by atoms with Gasteiger partial charge in [0.05, 0.1) is 7.11 Å². The zero-order valence-electron chi connectivity index (χ0n) is 11.1. The van der Waals surface area contributed by atoms with Crippen LogP contribution in [0.25, 0.3) is 0 Å². The minimum atomic E-state index is -1.12. The molecule has 21 heavy (non-hydrogen) atoms. The van der Waals surface area contributed by atoms with Crippen molar-refractivity contribution in [3.63, 3.8) is 0 Å². The molecule has 6 heteroatoms. The third kappa shape index (κ3) is 3.72. The Morgan fingerprint density at radius 3 is 2.67 bits per heavy atom. The lowest BCUT2D eigenvalue weighted by atomic mass is 10.2. The van der Waals surface area contributed by atoms with Crippen molar-refractivity contribution in [1.29, 1.82) is 0 Å². The fourth-order valence-corrected chi connectivity index (χ4v) is 2.05. The van der Waals surface area contributed by atoms with Crippen LogP contribution < -0.4 is 9.47 Å². The second-order valence-corrected chi connectivity index (χ2v) is 5.11. The van der Waals surface area contributed by atoms with Gasteiger partial charge in [0, 0.05) is 16.1 Å². The Morgan fingerprint density at radius 1 is 1.29 bits per heavy atom. The molecule has 0 saturated carbocycles. The lowest BCUT2D eigenvalue weighted by Crippen LogP contribution is -2.05. The predicted octanol–water partition coefficient (Wildman–Crippen LogP) is 3.87. The van der Waals surface area contributed by atoms with Crippen LogP contribution in [-0.4, -0.2) is 18.2 Å². The van der Waals surface area contributed by atoms with Crippen molar-refractivity contribution in [2.24, 2.45) is 0 Å². The van der Waals surface area contributed by atoms with Gasteiger partial charge in [-0.25, -0.2) is 9.18 Å². The van der Waals surface area contributed by atoms with Gasteiger partial charge in [0.2, 0.25) is 0 Å². The SMILES string of the molecule is COc1ccc(C(=O)O)c(OCc2ccc(Br)cc2F)c1.